The third-order valence-electron chi connectivity index (χ3n) is 3.83. The maximum Gasteiger partial charge on any atom is 0.119 e. The van der Waals surface area contributed by atoms with Crippen molar-refractivity contribution < 1.29 is 4.74 Å². The molecular weight excluding hydrogens is 278 g/mol. The lowest BCUT2D eigenvalue weighted by atomic mass is 9.76. The van der Waals surface area contributed by atoms with Crippen LogP contribution in [0.25, 0.3) is 0 Å². The van der Waals surface area contributed by atoms with Gasteiger partial charge in [-0.25, -0.2) is 0 Å². The van der Waals surface area contributed by atoms with Crippen LogP contribution in [0.5, 0.6) is 5.75 Å². The van der Waals surface area contributed by atoms with Gasteiger partial charge in [0.15, 0.2) is 0 Å². The molecule has 1 aromatic carbocycles. The zero-order chi connectivity index (χ0) is 13.5. The van der Waals surface area contributed by atoms with Crippen molar-refractivity contribution in [3.63, 3.8) is 0 Å². The fourth-order valence-electron chi connectivity index (χ4n) is 2.82. The standard InChI is InChI=1S/C15H16ClNOS/c1-18-11-5-4-10-3-2-8-15(17,12(10)9-11)13-6-7-14(16)19-13/h4-7,9H,2-3,8,17H2,1H3. The number of hydrogen-bond acceptors (Lipinski definition) is 3. The molecule has 1 unspecified atom stereocenters. The topological polar surface area (TPSA) is 35.2 Å². The van der Waals surface area contributed by atoms with E-state index in [0.717, 1.165) is 34.2 Å². The molecule has 0 saturated carbocycles. The normalized spacial score (nSPS) is 22.1. The van der Waals surface area contributed by atoms with Crippen LogP contribution in [0.2, 0.25) is 4.34 Å². The molecule has 0 bridgehead atoms. The SMILES string of the molecule is COc1ccc2c(c1)C(N)(c1ccc(Cl)s1)CCC2. The number of nitrogens with two attached hydrogens (primary N) is 1. The van der Waals surface area contributed by atoms with Crippen molar-refractivity contribution in [2.75, 3.05) is 7.11 Å². The number of ether oxygens (including phenoxy) is 1. The van der Waals surface area contributed by atoms with E-state index in [-0.39, 0.29) is 0 Å². The molecule has 0 saturated heterocycles. The smallest absolute Gasteiger partial charge is 0.119 e. The van der Waals surface area contributed by atoms with Crippen molar-refractivity contribution in [3.8, 4) is 5.75 Å². The zero-order valence-corrected chi connectivity index (χ0v) is 12.4. The van der Waals surface area contributed by atoms with E-state index in [1.165, 1.54) is 11.1 Å². The molecule has 0 aliphatic heterocycles. The highest BCUT2D eigenvalue weighted by Crippen LogP contribution is 2.43. The lowest BCUT2D eigenvalue weighted by molar-refractivity contribution is 0.406. The Bertz CT molecular complexity index is 610. The molecular formula is C15H16ClNOS. The highest BCUT2D eigenvalue weighted by Gasteiger charge is 2.35. The van der Waals surface area contributed by atoms with Gasteiger partial charge in [0.2, 0.25) is 0 Å². The van der Waals surface area contributed by atoms with Gasteiger partial charge in [-0.05, 0) is 54.7 Å². The number of hydrogen-bond donors (Lipinski definition) is 1. The highest BCUT2D eigenvalue weighted by molar-refractivity contribution is 7.16. The number of halogens is 1. The third-order valence-corrected chi connectivity index (χ3v) is 5.24. The Morgan fingerprint density at radius 3 is 2.84 bits per heavy atom. The van der Waals surface area contributed by atoms with Crippen molar-refractivity contribution in [2.45, 2.75) is 24.8 Å². The minimum absolute atomic E-state index is 0.431. The first-order chi connectivity index (χ1) is 9.13. The van der Waals surface area contributed by atoms with Crippen LogP contribution in [0.3, 0.4) is 0 Å². The average Bonchev–Trinajstić information content (AvgIpc) is 2.86. The van der Waals surface area contributed by atoms with E-state index in [2.05, 4.69) is 12.1 Å². The third kappa shape index (κ3) is 2.16. The molecule has 0 radical (unpaired) electrons. The van der Waals surface area contributed by atoms with E-state index in [4.69, 9.17) is 22.1 Å². The van der Waals surface area contributed by atoms with Gasteiger partial charge in [0.05, 0.1) is 17.0 Å². The average molecular weight is 294 g/mol. The Hall–Kier alpha value is -1.03. The Morgan fingerprint density at radius 1 is 1.32 bits per heavy atom. The first-order valence-corrected chi connectivity index (χ1v) is 7.55. The van der Waals surface area contributed by atoms with Crippen LogP contribution < -0.4 is 10.5 Å². The molecule has 1 aromatic heterocycles. The van der Waals surface area contributed by atoms with E-state index in [0.29, 0.717) is 0 Å². The summed E-state index contributed by atoms with van der Waals surface area (Å²) in [6.45, 7) is 0. The Morgan fingerprint density at radius 2 is 2.16 bits per heavy atom. The van der Waals surface area contributed by atoms with Gasteiger partial charge in [-0.3, -0.25) is 0 Å². The molecule has 0 amide bonds. The van der Waals surface area contributed by atoms with Gasteiger partial charge in [0.1, 0.15) is 5.75 Å². The van der Waals surface area contributed by atoms with Gasteiger partial charge in [-0.1, -0.05) is 17.7 Å². The van der Waals surface area contributed by atoms with Crippen molar-refractivity contribution >= 4 is 22.9 Å². The summed E-state index contributed by atoms with van der Waals surface area (Å²) in [5.41, 5.74) is 8.79. The summed E-state index contributed by atoms with van der Waals surface area (Å²) in [5.74, 6) is 0.859. The molecule has 2 aromatic rings. The monoisotopic (exact) mass is 293 g/mol. The number of rotatable bonds is 2. The molecule has 0 fully saturated rings. The van der Waals surface area contributed by atoms with Crippen LogP contribution in [-0.4, -0.2) is 7.11 Å². The Kier molecular flexibility index (Phi) is 3.29. The molecule has 1 aliphatic rings. The van der Waals surface area contributed by atoms with Gasteiger partial charge < -0.3 is 10.5 Å². The lowest BCUT2D eigenvalue weighted by Gasteiger charge is -2.35. The van der Waals surface area contributed by atoms with Gasteiger partial charge in [0.25, 0.3) is 0 Å². The highest BCUT2D eigenvalue weighted by atomic mass is 35.5. The van der Waals surface area contributed by atoms with E-state index in [1.54, 1.807) is 18.4 Å². The van der Waals surface area contributed by atoms with Crippen molar-refractivity contribution in [2.24, 2.45) is 5.73 Å². The molecule has 2 N–H and O–H groups in total. The predicted octanol–water partition coefficient (Wildman–Crippen LogP) is 3.95. The maximum atomic E-state index is 6.73. The first-order valence-electron chi connectivity index (χ1n) is 6.35. The van der Waals surface area contributed by atoms with Crippen LogP contribution in [0.15, 0.2) is 30.3 Å². The second kappa shape index (κ2) is 4.82. The lowest BCUT2D eigenvalue weighted by Crippen LogP contribution is -2.40. The fourth-order valence-corrected chi connectivity index (χ4v) is 4.01. The summed E-state index contributed by atoms with van der Waals surface area (Å²) >= 11 is 7.64. The van der Waals surface area contributed by atoms with Crippen LogP contribution in [0.4, 0.5) is 0 Å². The molecule has 1 atom stereocenters. The quantitative estimate of drug-likeness (QED) is 0.910. The van der Waals surface area contributed by atoms with Crippen LogP contribution >= 0.6 is 22.9 Å². The Balaban J connectivity index is 2.15. The minimum atomic E-state index is -0.431. The second-order valence-electron chi connectivity index (χ2n) is 4.95. The van der Waals surface area contributed by atoms with Gasteiger partial charge >= 0.3 is 0 Å². The van der Waals surface area contributed by atoms with E-state index < -0.39 is 5.54 Å². The fraction of sp³-hybridized carbons (Fsp3) is 0.333. The van der Waals surface area contributed by atoms with E-state index in [9.17, 15) is 0 Å². The van der Waals surface area contributed by atoms with Gasteiger partial charge in [0, 0.05) is 4.88 Å². The summed E-state index contributed by atoms with van der Waals surface area (Å²) in [7, 11) is 1.69. The maximum absolute atomic E-state index is 6.73. The van der Waals surface area contributed by atoms with Gasteiger partial charge in [-0.15, -0.1) is 11.3 Å². The number of benzene rings is 1. The van der Waals surface area contributed by atoms with E-state index in [1.807, 2.05) is 18.2 Å². The molecule has 3 rings (SSSR count). The van der Waals surface area contributed by atoms with Crippen LogP contribution in [-0.2, 0) is 12.0 Å². The summed E-state index contributed by atoms with van der Waals surface area (Å²) in [5, 5.41) is 0. The van der Waals surface area contributed by atoms with Crippen LogP contribution in [0, 0.1) is 0 Å². The second-order valence-corrected chi connectivity index (χ2v) is 6.67. The van der Waals surface area contributed by atoms with Gasteiger partial charge in [-0.2, -0.15) is 0 Å². The molecule has 100 valence electrons. The first kappa shape index (κ1) is 13.0. The van der Waals surface area contributed by atoms with Crippen molar-refractivity contribution in [3.05, 3.63) is 50.7 Å². The zero-order valence-electron chi connectivity index (χ0n) is 10.8. The molecule has 1 heterocycles. The summed E-state index contributed by atoms with van der Waals surface area (Å²) in [6.07, 6.45) is 3.13. The minimum Gasteiger partial charge on any atom is -0.497 e. The largest absolute Gasteiger partial charge is 0.497 e. The number of thiophene rings is 1. The predicted molar refractivity (Wildman–Crippen MR) is 80.2 cm³/mol. The molecule has 1 aliphatic carbocycles. The van der Waals surface area contributed by atoms with Crippen LogP contribution in [0.1, 0.15) is 28.8 Å². The van der Waals surface area contributed by atoms with Crippen molar-refractivity contribution in [1.82, 2.24) is 0 Å². The molecule has 4 heteroatoms. The molecule has 0 spiro atoms. The summed E-state index contributed by atoms with van der Waals surface area (Å²) < 4.78 is 6.12. The Labute approximate surface area is 122 Å². The summed E-state index contributed by atoms with van der Waals surface area (Å²) in [4.78, 5) is 1.13. The summed E-state index contributed by atoms with van der Waals surface area (Å²) in [6, 6.07) is 10.2. The number of aryl methyl sites for hydroxylation is 1. The number of methoxy groups -OCH3 is 1. The molecule has 19 heavy (non-hydrogen) atoms. The van der Waals surface area contributed by atoms with E-state index >= 15 is 0 Å². The van der Waals surface area contributed by atoms with Crippen molar-refractivity contribution in [1.29, 1.82) is 0 Å². The molecule has 2 nitrogen and oxygen atoms in total. The number of fused-ring (bicyclic) bond motifs is 1.